The molecule has 0 saturated carbocycles. The van der Waals surface area contributed by atoms with Gasteiger partial charge in [0.15, 0.2) is 0 Å². The van der Waals surface area contributed by atoms with E-state index >= 15 is 0 Å². The summed E-state index contributed by atoms with van der Waals surface area (Å²) in [5.41, 5.74) is 5.84. The SMILES string of the molecule is Cl.NC1=NC(CC2CCCCO2)CCCC1. The van der Waals surface area contributed by atoms with Crippen LogP contribution < -0.4 is 5.73 Å². The van der Waals surface area contributed by atoms with Crippen LogP contribution in [-0.4, -0.2) is 24.6 Å². The van der Waals surface area contributed by atoms with Crippen LogP contribution in [-0.2, 0) is 4.74 Å². The lowest BCUT2D eigenvalue weighted by atomic mass is 9.99. The predicted molar refractivity (Wildman–Crippen MR) is 69.3 cm³/mol. The van der Waals surface area contributed by atoms with Gasteiger partial charge in [0.05, 0.1) is 18.0 Å². The normalized spacial score (nSPS) is 31.1. The number of amidine groups is 1. The monoisotopic (exact) mass is 246 g/mol. The summed E-state index contributed by atoms with van der Waals surface area (Å²) in [6.07, 6.45) is 9.94. The van der Waals surface area contributed by atoms with Gasteiger partial charge in [-0.3, -0.25) is 4.99 Å². The molecule has 16 heavy (non-hydrogen) atoms. The van der Waals surface area contributed by atoms with Crippen LogP contribution >= 0.6 is 12.4 Å². The molecule has 2 aliphatic rings. The molecule has 0 spiro atoms. The fourth-order valence-electron chi connectivity index (χ4n) is 2.52. The largest absolute Gasteiger partial charge is 0.387 e. The van der Waals surface area contributed by atoms with Crippen LogP contribution in [0.2, 0.25) is 0 Å². The van der Waals surface area contributed by atoms with Crippen LogP contribution in [0, 0.1) is 0 Å². The van der Waals surface area contributed by atoms with E-state index in [2.05, 4.69) is 4.99 Å². The highest BCUT2D eigenvalue weighted by Gasteiger charge is 2.20. The zero-order valence-electron chi connectivity index (χ0n) is 9.86. The molecular formula is C12H23ClN2O. The van der Waals surface area contributed by atoms with Gasteiger partial charge in [0, 0.05) is 13.0 Å². The van der Waals surface area contributed by atoms with Gasteiger partial charge < -0.3 is 10.5 Å². The van der Waals surface area contributed by atoms with Crippen molar-refractivity contribution in [2.24, 2.45) is 10.7 Å². The molecule has 2 unspecified atom stereocenters. The highest BCUT2D eigenvalue weighted by Crippen LogP contribution is 2.22. The van der Waals surface area contributed by atoms with E-state index in [1.54, 1.807) is 0 Å². The first-order valence-electron chi connectivity index (χ1n) is 6.28. The highest BCUT2D eigenvalue weighted by molar-refractivity contribution is 5.85. The molecule has 4 heteroatoms. The third-order valence-corrected chi connectivity index (χ3v) is 3.38. The molecule has 2 atom stereocenters. The smallest absolute Gasteiger partial charge is 0.0940 e. The molecule has 2 heterocycles. The van der Waals surface area contributed by atoms with Crippen LogP contribution in [0.5, 0.6) is 0 Å². The van der Waals surface area contributed by atoms with Crippen molar-refractivity contribution in [3.63, 3.8) is 0 Å². The van der Waals surface area contributed by atoms with Crippen molar-refractivity contribution in [2.75, 3.05) is 6.61 Å². The highest BCUT2D eigenvalue weighted by atomic mass is 35.5. The molecule has 1 fully saturated rings. The van der Waals surface area contributed by atoms with Gasteiger partial charge in [0.25, 0.3) is 0 Å². The molecule has 0 bridgehead atoms. The molecular weight excluding hydrogens is 224 g/mol. The Balaban J connectivity index is 0.00000128. The van der Waals surface area contributed by atoms with E-state index in [1.165, 1.54) is 38.5 Å². The van der Waals surface area contributed by atoms with Gasteiger partial charge in [-0.2, -0.15) is 0 Å². The Bertz CT molecular complexity index is 227. The molecule has 0 amide bonds. The Morgan fingerprint density at radius 1 is 1.19 bits per heavy atom. The lowest BCUT2D eigenvalue weighted by Crippen LogP contribution is -2.24. The van der Waals surface area contributed by atoms with Crippen molar-refractivity contribution in [2.45, 2.75) is 63.5 Å². The van der Waals surface area contributed by atoms with Crippen molar-refractivity contribution in [3.05, 3.63) is 0 Å². The Kier molecular flexibility index (Phi) is 6.14. The van der Waals surface area contributed by atoms with Crippen molar-refractivity contribution >= 4 is 18.2 Å². The molecule has 1 saturated heterocycles. The average molecular weight is 247 g/mol. The second-order valence-corrected chi connectivity index (χ2v) is 4.74. The van der Waals surface area contributed by atoms with Crippen molar-refractivity contribution in [1.82, 2.24) is 0 Å². The zero-order chi connectivity index (χ0) is 10.5. The van der Waals surface area contributed by atoms with Gasteiger partial charge in [0.1, 0.15) is 0 Å². The number of rotatable bonds is 2. The first-order chi connectivity index (χ1) is 7.34. The molecule has 2 N–H and O–H groups in total. The maximum Gasteiger partial charge on any atom is 0.0940 e. The minimum absolute atomic E-state index is 0. The Morgan fingerprint density at radius 3 is 2.75 bits per heavy atom. The average Bonchev–Trinajstić information content (AvgIpc) is 2.44. The molecule has 94 valence electrons. The molecule has 0 aromatic carbocycles. The minimum atomic E-state index is 0. The van der Waals surface area contributed by atoms with Gasteiger partial charge in [-0.1, -0.05) is 6.42 Å². The van der Waals surface area contributed by atoms with Gasteiger partial charge in [-0.05, 0) is 38.5 Å². The van der Waals surface area contributed by atoms with E-state index < -0.39 is 0 Å². The van der Waals surface area contributed by atoms with Gasteiger partial charge in [0.2, 0.25) is 0 Å². The summed E-state index contributed by atoms with van der Waals surface area (Å²) in [4.78, 5) is 4.58. The topological polar surface area (TPSA) is 47.6 Å². The maximum absolute atomic E-state index is 5.84. The molecule has 0 radical (unpaired) electrons. The quantitative estimate of drug-likeness (QED) is 0.814. The minimum Gasteiger partial charge on any atom is -0.387 e. The number of nitrogens with two attached hydrogens (primary N) is 1. The first kappa shape index (κ1) is 13.8. The second-order valence-electron chi connectivity index (χ2n) is 4.74. The van der Waals surface area contributed by atoms with Gasteiger partial charge in [-0.15, -0.1) is 12.4 Å². The number of halogens is 1. The van der Waals surface area contributed by atoms with E-state index in [9.17, 15) is 0 Å². The van der Waals surface area contributed by atoms with Gasteiger partial charge >= 0.3 is 0 Å². The summed E-state index contributed by atoms with van der Waals surface area (Å²) in [6.45, 7) is 0.941. The number of ether oxygens (including phenoxy) is 1. The van der Waals surface area contributed by atoms with Crippen LogP contribution in [0.4, 0.5) is 0 Å². The van der Waals surface area contributed by atoms with Crippen molar-refractivity contribution < 1.29 is 4.74 Å². The molecule has 0 aromatic heterocycles. The Morgan fingerprint density at radius 2 is 2.00 bits per heavy atom. The van der Waals surface area contributed by atoms with Crippen LogP contribution in [0.25, 0.3) is 0 Å². The predicted octanol–water partition coefficient (Wildman–Crippen LogP) is 2.67. The molecule has 3 nitrogen and oxygen atoms in total. The third-order valence-electron chi connectivity index (χ3n) is 3.38. The van der Waals surface area contributed by atoms with Crippen LogP contribution in [0.1, 0.15) is 51.4 Å². The summed E-state index contributed by atoms with van der Waals surface area (Å²) < 4.78 is 5.75. The fraction of sp³-hybridized carbons (Fsp3) is 0.917. The van der Waals surface area contributed by atoms with Crippen LogP contribution in [0.3, 0.4) is 0 Å². The van der Waals surface area contributed by atoms with E-state index in [1.807, 2.05) is 0 Å². The molecule has 0 aliphatic carbocycles. The van der Waals surface area contributed by atoms with Crippen LogP contribution in [0.15, 0.2) is 4.99 Å². The third kappa shape index (κ3) is 4.30. The summed E-state index contributed by atoms with van der Waals surface area (Å²) in [7, 11) is 0. The summed E-state index contributed by atoms with van der Waals surface area (Å²) in [5.74, 6) is 0.855. The zero-order valence-corrected chi connectivity index (χ0v) is 10.7. The van der Waals surface area contributed by atoms with E-state index in [4.69, 9.17) is 10.5 Å². The summed E-state index contributed by atoms with van der Waals surface area (Å²) in [5, 5.41) is 0. The lowest BCUT2D eigenvalue weighted by molar-refractivity contribution is 0.00715. The van der Waals surface area contributed by atoms with Crippen molar-refractivity contribution in [1.29, 1.82) is 0 Å². The molecule has 2 aliphatic heterocycles. The number of nitrogens with zero attached hydrogens (tertiary/aromatic N) is 1. The molecule has 2 rings (SSSR count). The molecule has 0 aromatic rings. The van der Waals surface area contributed by atoms with Gasteiger partial charge in [-0.25, -0.2) is 0 Å². The van der Waals surface area contributed by atoms with E-state index in [0.29, 0.717) is 12.1 Å². The lowest BCUT2D eigenvalue weighted by Gasteiger charge is -2.25. The van der Waals surface area contributed by atoms with Crippen molar-refractivity contribution in [3.8, 4) is 0 Å². The summed E-state index contributed by atoms with van der Waals surface area (Å²) >= 11 is 0. The second kappa shape index (κ2) is 7.13. The Hall–Kier alpha value is -0.280. The maximum atomic E-state index is 5.84. The summed E-state index contributed by atoms with van der Waals surface area (Å²) in [6, 6.07) is 0.426. The Labute approximate surface area is 104 Å². The number of aliphatic imine (C=N–C) groups is 1. The van der Waals surface area contributed by atoms with E-state index in [-0.39, 0.29) is 12.4 Å². The number of hydrogen-bond acceptors (Lipinski definition) is 3. The van der Waals surface area contributed by atoms with E-state index in [0.717, 1.165) is 25.3 Å². The fourth-order valence-corrected chi connectivity index (χ4v) is 2.52. The first-order valence-corrected chi connectivity index (χ1v) is 6.28. The number of hydrogen-bond donors (Lipinski definition) is 1. The standard InChI is InChI=1S/C12H22N2O.ClH/c13-12-7-2-1-5-10(14-12)9-11-6-3-4-8-15-11;/h10-11H,1-9H2,(H2,13,14);1H.